The molecule has 0 saturated carbocycles. The Morgan fingerprint density at radius 3 is 2.00 bits per heavy atom. The highest BCUT2D eigenvalue weighted by atomic mass is 16.3. The molecule has 136 valence electrons. The zero-order valence-electron chi connectivity index (χ0n) is 16.1. The van der Waals surface area contributed by atoms with Crippen molar-refractivity contribution in [3.63, 3.8) is 0 Å². The molecule has 3 rings (SSSR count). The van der Waals surface area contributed by atoms with Gasteiger partial charge in [-0.2, -0.15) is 0 Å². The molecule has 1 heterocycles. The number of hydrogen-bond acceptors (Lipinski definition) is 4. The molecule has 0 aliphatic rings. The third-order valence-corrected chi connectivity index (χ3v) is 3.82. The lowest BCUT2D eigenvalue weighted by Crippen LogP contribution is -1.99. The fourth-order valence-electron chi connectivity index (χ4n) is 2.57. The van der Waals surface area contributed by atoms with E-state index in [9.17, 15) is 5.11 Å². The predicted molar refractivity (Wildman–Crippen MR) is 108 cm³/mol. The quantitative estimate of drug-likeness (QED) is 0.640. The second kappa shape index (κ2) is 8.99. The minimum atomic E-state index is 0.399. The van der Waals surface area contributed by atoms with E-state index in [2.05, 4.69) is 29.1 Å². The SMILES string of the molecule is Cc1cc(C)nc(Nc2ccccc2)n1.Cc1ccc(C(C)C)c(O)c1. The van der Waals surface area contributed by atoms with Gasteiger partial charge in [-0.15, -0.1) is 0 Å². The van der Waals surface area contributed by atoms with Crippen LogP contribution in [0.25, 0.3) is 0 Å². The Balaban J connectivity index is 0.000000197. The predicted octanol–water partition coefficient (Wildman–Crippen LogP) is 5.66. The normalized spacial score (nSPS) is 10.2. The number of aromatic nitrogens is 2. The Hall–Kier alpha value is -2.88. The van der Waals surface area contributed by atoms with Gasteiger partial charge in [-0.25, -0.2) is 9.97 Å². The van der Waals surface area contributed by atoms with Crippen molar-refractivity contribution < 1.29 is 5.11 Å². The van der Waals surface area contributed by atoms with Crippen LogP contribution in [0.4, 0.5) is 11.6 Å². The van der Waals surface area contributed by atoms with Crippen LogP contribution in [0.2, 0.25) is 0 Å². The molecule has 4 heteroatoms. The third kappa shape index (κ3) is 5.88. The van der Waals surface area contributed by atoms with E-state index in [1.165, 1.54) is 0 Å². The van der Waals surface area contributed by atoms with Crippen molar-refractivity contribution in [3.8, 4) is 5.75 Å². The summed E-state index contributed by atoms with van der Waals surface area (Å²) in [4.78, 5) is 8.61. The number of phenols is 1. The van der Waals surface area contributed by atoms with Gasteiger partial charge in [0.15, 0.2) is 0 Å². The first-order valence-corrected chi connectivity index (χ1v) is 8.79. The first kappa shape index (κ1) is 19.4. The molecule has 26 heavy (non-hydrogen) atoms. The molecule has 1 aromatic heterocycles. The van der Waals surface area contributed by atoms with Crippen LogP contribution in [0.5, 0.6) is 5.75 Å². The van der Waals surface area contributed by atoms with E-state index in [4.69, 9.17) is 0 Å². The number of benzene rings is 2. The van der Waals surface area contributed by atoms with Gasteiger partial charge in [-0.3, -0.25) is 0 Å². The van der Waals surface area contributed by atoms with Gasteiger partial charge in [0.05, 0.1) is 0 Å². The first-order chi connectivity index (χ1) is 12.3. The summed E-state index contributed by atoms with van der Waals surface area (Å²) in [5.74, 6) is 1.47. The zero-order valence-corrected chi connectivity index (χ0v) is 16.1. The maximum atomic E-state index is 9.46. The molecule has 0 saturated heterocycles. The molecule has 0 bridgehead atoms. The van der Waals surface area contributed by atoms with Crippen molar-refractivity contribution in [1.82, 2.24) is 9.97 Å². The maximum Gasteiger partial charge on any atom is 0.227 e. The average Bonchev–Trinajstić information content (AvgIpc) is 2.55. The van der Waals surface area contributed by atoms with Gasteiger partial charge in [-0.1, -0.05) is 44.2 Å². The Morgan fingerprint density at radius 2 is 1.46 bits per heavy atom. The number of aryl methyl sites for hydroxylation is 3. The Labute approximate surface area is 156 Å². The molecule has 0 amide bonds. The van der Waals surface area contributed by atoms with Crippen molar-refractivity contribution in [3.05, 3.63) is 77.1 Å². The van der Waals surface area contributed by atoms with Gasteiger partial charge in [-0.05, 0) is 62.1 Å². The number of hydrogen-bond donors (Lipinski definition) is 2. The van der Waals surface area contributed by atoms with Gasteiger partial charge in [0.25, 0.3) is 0 Å². The van der Waals surface area contributed by atoms with E-state index in [0.717, 1.165) is 28.2 Å². The number of nitrogens with zero attached hydrogens (tertiary/aromatic N) is 2. The summed E-state index contributed by atoms with van der Waals surface area (Å²) in [6.07, 6.45) is 0. The Bertz CT molecular complexity index is 825. The van der Waals surface area contributed by atoms with Crippen LogP contribution in [0.3, 0.4) is 0 Å². The maximum absolute atomic E-state index is 9.46. The minimum absolute atomic E-state index is 0.399. The van der Waals surface area contributed by atoms with Crippen molar-refractivity contribution in [1.29, 1.82) is 0 Å². The van der Waals surface area contributed by atoms with Crippen LogP contribution in [-0.2, 0) is 0 Å². The highest BCUT2D eigenvalue weighted by molar-refractivity contribution is 5.52. The van der Waals surface area contributed by atoms with Gasteiger partial charge >= 0.3 is 0 Å². The van der Waals surface area contributed by atoms with Crippen LogP contribution in [0, 0.1) is 20.8 Å². The number of para-hydroxylation sites is 1. The standard InChI is InChI=1S/C12H13N3.C10H14O/c1-9-8-10(2)14-12(13-9)15-11-6-4-3-5-7-11;1-7(2)9-5-4-8(3)6-10(9)11/h3-8H,1-2H3,(H,13,14,15);4-7,11H,1-3H3. The zero-order chi connectivity index (χ0) is 19.1. The van der Waals surface area contributed by atoms with E-state index in [1.54, 1.807) is 6.07 Å². The smallest absolute Gasteiger partial charge is 0.227 e. The monoisotopic (exact) mass is 349 g/mol. The van der Waals surface area contributed by atoms with Crippen molar-refractivity contribution >= 4 is 11.6 Å². The van der Waals surface area contributed by atoms with E-state index >= 15 is 0 Å². The number of phenolic OH excluding ortho intramolecular Hbond substituents is 1. The summed E-state index contributed by atoms with van der Waals surface area (Å²) in [6.45, 7) is 10.0. The highest BCUT2D eigenvalue weighted by Crippen LogP contribution is 2.25. The second-order valence-electron chi connectivity index (χ2n) is 6.68. The molecule has 2 aromatic carbocycles. The lowest BCUT2D eigenvalue weighted by molar-refractivity contribution is 0.464. The van der Waals surface area contributed by atoms with Crippen LogP contribution in [0.15, 0.2) is 54.6 Å². The van der Waals surface area contributed by atoms with Gasteiger partial charge in [0.2, 0.25) is 5.95 Å². The summed E-state index contributed by atoms with van der Waals surface area (Å²) in [5.41, 5.74) is 5.08. The van der Waals surface area contributed by atoms with E-state index < -0.39 is 0 Å². The molecular formula is C22H27N3O. The van der Waals surface area contributed by atoms with Gasteiger partial charge < -0.3 is 10.4 Å². The number of aromatic hydroxyl groups is 1. The van der Waals surface area contributed by atoms with E-state index in [-0.39, 0.29) is 0 Å². The van der Waals surface area contributed by atoms with Gasteiger partial charge in [0.1, 0.15) is 5.75 Å². The lowest BCUT2D eigenvalue weighted by atomic mass is 10.0. The largest absolute Gasteiger partial charge is 0.508 e. The number of rotatable bonds is 3. The number of anilines is 2. The van der Waals surface area contributed by atoms with Crippen molar-refractivity contribution in [2.75, 3.05) is 5.32 Å². The molecule has 0 radical (unpaired) electrons. The lowest BCUT2D eigenvalue weighted by Gasteiger charge is -2.07. The highest BCUT2D eigenvalue weighted by Gasteiger charge is 2.04. The Kier molecular flexibility index (Phi) is 6.73. The van der Waals surface area contributed by atoms with Crippen molar-refractivity contribution in [2.45, 2.75) is 40.5 Å². The minimum Gasteiger partial charge on any atom is -0.508 e. The molecule has 4 nitrogen and oxygen atoms in total. The van der Waals surface area contributed by atoms with Crippen LogP contribution >= 0.6 is 0 Å². The molecule has 0 fully saturated rings. The summed E-state index contributed by atoms with van der Waals surface area (Å²) in [6, 6.07) is 17.7. The molecular weight excluding hydrogens is 322 g/mol. The van der Waals surface area contributed by atoms with Crippen molar-refractivity contribution in [2.24, 2.45) is 0 Å². The summed E-state index contributed by atoms with van der Waals surface area (Å²) >= 11 is 0. The summed E-state index contributed by atoms with van der Waals surface area (Å²) < 4.78 is 0. The summed E-state index contributed by atoms with van der Waals surface area (Å²) in [5, 5.41) is 12.6. The molecule has 0 aliphatic heterocycles. The van der Waals surface area contributed by atoms with Gasteiger partial charge in [0, 0.05) is 17.1 Å². The van der Waals surface area contributed by atoms with E-state index in [1.807, 2.05) is 69.3 Å². The van der Waals surface area contributed by atoms with Crippen LogP contribution < -0.4 is 5.32 Å². The number of nitrogens with one attached hydrogen (secondary N) is 1. The molecule has 0 spiro atoms. The molecule has 2 N–H and O–H groups in total. The van der Waals surface area contributed by atoms with Crippen LogP contribution in [-0.4, -0.2) is 15.1 Å². The topological polar surface area (TPSA) is 58.0 Å². The third-order valence-electron chi connectivity index (χ3n) is 3.82. The Morgan fingerprint density at radius 1 is 0.846 bits per heavy atom. The molecule has 0 atom stereocenters. The average molecular weight is 349 g/mol. The summed E-state index contributed by atoms with van der Waals surface area (Å²) in [7, 11) is 0. The molecule has 3 aromatic rings. The second-order valence-corrected chi connectivity index (χ2v) is 6.68. The molecule has 0 unspecified atom stereocenters. The van der Waals surface area contributed by atoms with E-state index in [0.29, 0.717) is 17.6 Å². The molecule has 0 aliphatic carbocycles. The van der Waals surface area contributed by atoms with Crippen LogP contribution in [0.1, 0.15) is 42.3 Å². The first-order valence-electron chi connectivity index (χ1n) is 8.79. The fraction of sp³-hybridized carbons (Fsp3) is 0.273. The fourth-order valence-corrected chi connectivity index (χ4v) is 2.57.